The summed E-state index contributed by atoms with van der Waals surface area (Å²) in [4.78, 5) is 0. The molecule has 5 atom stereocenters. The van der Waals surface area contributed by atoms with Crippen molar-refractivity contribution >= 4 is 0 Å². The molecule has 2 aliphatic rings. The van der Waals surface area contributed by atoms with E-state index in [4.69, 9.17) is 24.8 Å². The van der Waals surface area contributed by atoms with Crippen molar-refractivity contribution in [3.8, 4) is 0 Å². The summed E-state index contributed by atoms with van der Waals surface area (Å²) in [6, 6.07) is 0. The predicted octanol–water partition coefficient (Wildman–Crippen LogP) is -2.86. The summed E-state index contributed by atoms with van der Waals surface area (Å²) >= 11 is 0. The van der Waals surface area contributed by atoms with Gasteiger partial charge in [0.05, 0.1) is 6.61 Å². The van der Waals surface area contributed by atoms with E-state index in [1.807, 2.05) is 0 Å². The molecule has 0 aromatic rings. The quantitative estimate of drug-likeness (QED) is 0.322. The number of hydrogen-bond donors (Lipinski definition) is 4. The molecule has 0 aliphatic carbocycles. The Bertz CT molecular complexity index is 196. The molecule has 0 spiro atoms. The zero-order valence-corrected chi connectivity index (χ0v) is 6.12. The summed E-state index contributed by atoms with van der Waals surface area (Å²) in [6.07, 6.45) is -4.48. The second kappa shape index (κ2) is 2.38. The molecule has 3 unspecified atom stereocenters. The lowest BCUT2D eigenvalue weighted by atomic mass is 10.0. The first kappa shape index (κ1) is 8.36. The summed E-state index contributed by atoms with van der Waals surface area (Å²) in [5, 5.41) is 36.2. The first-order chi connectivity index (χ1) is 5.59. The Kier molecular flexibility index (Phi) is 1.66. The number of fused-ring (bicyclic) bond motifs is 1. The topological polar surface area (TPSA) is 103 Å². The average Bonchev–Trinajstić information content (AvgIpc) is 2.72. The highest BCUT2D eigenvalue weighted by atomic mass is 16.8. The molecule has 70 valence electrons. The van der Waals surface area contributed by atoms with Gasteiger partial charge < -0.3 is 29.9 Å². The maximum Gasteiger partial charge on any atom is 0.227 e. The van der Waals surface area contributed by atoms with Gasteiger partial charge in [-0.3, -0.25) is 0 Å². The molecule has 0 amide bonds. The van der Waals surface area contributed by atoms with E-state index in [0.29, 0.717) is 0 Å². The van der Waals surface area contributed by atoms with Crippen LogP contribution in [0.2, 0.25) is 0 Å². The molecule has 2 aliphatic heterocycles. The molecule has 0 bridgehead atoms. The van der Waals surface area contributed by atoms with Crippen LogP contribution >= 0.6 is 0 Å². The lowest BCUT2D eigenvalue weighted by Crippen LogP contribution is -2.52. The largest absolute Gasteiger partial charge is 0.394 e. The number of aliphatic hydroxyl groups is 4. The third kappa shape index (κ3) is 0.905. The van der Waals surface area contributed by atoms with Crippen molar-refractivity contribution in [2.24, 2.45) is 0 Å². The fourth-order valence-corrected chi connectivity index (χ4v) is 1.42. The molecular weight excluding hydrogens is 168 g/mol. The van der Waals surface area contributed by atoms with Crippen molar-refractivity contribution in [2.45, 2.75) is 30.4 Å². The normalized spacial score (nSPS) is 58.0. The minimum Gasteiger partial charge on any atom is -0.394 e. The lowest BCUT2D eigenvalue weighted by Gasteiger charge is -2.29. The maximum absolute atomic E-state index is 9.37. The van der Waals surface area contributed by atoms with E-state index in [0.717, 1.165) is 0 Å². The van der Waals surface area contributed by atoms with Gasteiger partial charge in [-0.05, 0) is 0 Å². The number of aliphatic hydroxyl groups excluding tert-OH is 3. The number of epoxide rings is 1. The van der Waals surface area contributed by atoms with E-state index in [1.165, 1.54) is 0 Å². The minimum absolute atomic E-state index is 0.364. The second-order valence-electron chi connectivity index (χ2n) is 2.98. The lowest BCUT2D eigenvalue weighted by molar-refractivity contribution is -0.251. The number of rotatable bonds is 1. The van der Waals surface area contributed by atoms with Gasteiger partial charge in [0.25, 0.3) is 0 Å². The Morgan fingerprint density at radius 3 is 2.58 bits per heavy atom. The Hall–Kier alpha value is -0.240. The van der Waals surface area contributed by atoms with Crippen molar-refractivity contribution in [1.82, 2.24) is 0 Å². The molecule has 2 saturated heterocycles. The summed E-state index contributed by atoms with van der Waals surface area (Å²) < 4.78 is 9.45. The molecule has 12 heavy (non-hydrogen) atoms. The molecule has 0 saturated carbocycles. The third-order valence-electron chi connectivity index (χ3n) is 2.19. The smallest absolute Gasteiger partial charge is 0.227 e. The van der Waals surface area contributed by atoms with Gasteiger partial charge >= 0.3 is 0 Å². The Labute approximate surface area is 68.0 Å². The zero-order valence-electron chi connectivity index (χ0n) is 6.12. The molecule has 2 rings (SSSR count). The van der Waals surface area contributed by atoms with Gasteiger partial charge in [-0.15, -0.1) is 0 Å². The minimum atomic E-state index is -1.73. The Balaban J connectivity index is 2.13. The molecule has 0 radical (unpaired) electrons. The zero-order chi connectivity index (χ0) is 8.93. The second-order valence-corrected chi connectivity index (χ2v) is 2.98. The summed E-state index contributed by atoms with van der Waals surface area (Å²) in [5.74, 6) is -1.73. The molecule has 2 heterocycles. The fraction of sp³-hybridized carbons (Fsp3) is 1.00. The fourth-order valence-electron chi connectivity index (χ4n) is 1.42. The first-order valence-electron chi connectivity index (χ1n) is 3.62. The van der Waals surface area contributed by atoms with Crippen molar-refractivity contribution in [3.63, 3.8) is 0 Å². The van der Waals surface area contributed by atoms with Gasteiger partial charge in [0.1, 0.15) is 12.2 Å². The van der Waals surface area contributed by atoms with Gasteiger partial charge in [-0.25, -0.2) is 0 Å². The Morgan fingerprint density at radius 1 is 1.33 bits per heavy atom. The van der Waals surface area contributed by atoms with Crippen molar-refractivity contribution < 1.29 is 29.9 Å². The van der Waals surface area contributed by atoms with Crippen LogP contribution in [0.25, 0.3) is 0 Å². The van der Waals surface area contributed by atoms with Crippen LogP contribution in [0, 0.1) is 0 Å². The van der Waals surface area contributed by atoms with Gasteiger partial charge in [-0.1, -0.05) is 0 Å². The highest BCUT2D eigenvalue weighted by Gasteiger charge is 2.69. The molecule has 6 nitrogen and oxygen atoms in total. The Morgan fingerprint density at radius 2 is 2.00 bits per heavy atom. The predicted molar refractivity (Wildman–Crippen MR) is 33.8 cm³/mol. The highest BCUT2D eigenvalue weighted by Crippen LogP contribution is 2.45. The van der Waals surface area contributed by atoms with Crippen LogP contribution in [0.1, 0.15) is 0 Å². The molecule has 6 heteroatoms. The highest BCUT2D eigenvalue weighted by molar-refractivity contribution is 5.07. The molecular formula is C6H10O6. The summed E-state index contributed by atoms with van der Waals surface area (Å²) in [5.41, 5.74) is 0. The maximum atomic E-state index is 9.37. The van der Waals surface area contributed by atoms with Gasteiger partial charge in [0, 0.05) is 0 Å². The summed E-state index contributed by atoms with van der Waals surface area (Å²) in [7, 11) is 0. The van der Waals surface area contributed by atoms with E-state index < -0.39 is 30.4 Å². The third-order valence-corrected chi connectivity index (χ3v) is 2.19. The number of hydrogen-bond acceptors (Lipinski definition) is 6. The molecule has 4 N–H and O–H groups in total. The van der Waals surface area contributed by atoms with Gasteiger partial charge in [0.15, 0.2) is 12.4 Å². The van der Waals surface area contributed by atoms with Crippen LogP contribution in [0.5, 0.6) is 0 Å². The van der Waals surface area contributed by atoms with E-state index >= 15 is 0 Å². The molecule has 0 aromatic carbocycles. The van der Waals surface area contributed by atoms with E-state index in [9.17, 15) is 5.11 Å². The van der Waals surface area contributed by atoms with E-state index in [-0.39, 0.29) is 6.61 Å². The number of ether oxygens (including phenoxy) is 2. The van der Waals surface area contributed by atoms with Crippen LogP contribution < -0.4 is 0 Å². The van der Waals surface area contributed by atoms with E-state index in [2.05, 4.69) is 0 Å². The first-order valence-corrected chi connectivity index (χ1v) is 3.62. The summed E-state index contributed by atoms with van der Waals surface area (Å²) in [6.45, 7) is -0.364. The van der Waals surface area contributed by atoms with Crippen LogP contribution in [-0.2, 0) is 9.47 Å². The van der Waals surface area contributed by atoms with Crippen molar-refractivity contribution in [2.75, 3.05) is 6.61 Å². The van der Waals surface area contributed by atoms with Crippen LogP contribution in [0.4, 0.5) is 0 Å². The monoisotopic (exact) mass is 178 g/mol. The molecule has 0 aromatic heterocycles. The molecule has 2 fully saturated rings. The van der Waals surface area contributed by atoms with Crippen LogP contribution in [0.15, 0.2) is 0 Å². The van der Waals surface area contributed by atoms with Gasteiger partial charge in [-0.2, -0.15) is 0 Å². The SMILES string of the molecule is OCC1O[C@H](O)C(O)C2(O)O[C@H]12. The standard InChI is InChI=1S/C6H10O6/c7-1-2-4-6(10,12-4)3(8)5(9)11-2/h2-5,7-10H,1H2/t2?,3?,4-,5+,6?/m1/s1. The van der Waals surface area contributed by atoms with Crippen molar-refractivity contribution in [3.05, 3.63) is 0 Å². The van der Waals surface area contributed by atoms with Crippen LogP contribution in [0.3, 0.4) is 0 Å². The van der Waals surface area contributed by atoms with Crippen LogP contribution in [-0.4, -0.2) is 57.4 Å². The van der Waals surface area contributed by atoms with Gasteiger partial charge in [0.2, 0.25) is 5.79 Å². The van der Waals surface area contributed by atoms with Crippen molar-refractivity contribution in [1.29, 1.82) is 0 Å². The van der Waals surface area contributed by atoms with E-state index in [1.54, 1.807) is 0 Å². The average molecular weight is 178 g/mol.